The van der Waals surface area contributed by atoms with Crippen LogP contribution in [0.4, 0.5) is 0 Å². The Labute approximate surface area is 128 Å². The first-order valence-corrected chi connectivity index (χ1v) is 7.08. The van der Waals surface area contributed by atoms with Crippen molar-refractivity contribution in [2.24, 2.45) is 0 Å². The first kappa shape index (κ1) is 15.4. The number of carbonyl (C=O) groups excluding carboxylic acids is 1. The van der Waals surface area contributed by atoms with E-state index in [1.807, 2.05) is 13.8 Å². The van der Waals surface area contributed by atoms with Gasteiger partial charge in [-0.3, -0.25) is 4.79 Å². The molecule has 0 aromatic heterocycles. The molecule has 1 unspecified atom stereocenters. The Morgan fingerprint density at radius 1 is 1.40 bits per heavy atom. The molecule has 1 fully saturated rings. The molecule has 110 valence electrons. The highest BCUT2D eigenvalue weighted by Crippen LogP contribution is 2.38. The minimum atomic E-state index is -0.645. The van der Waals surface area contributed by atoms with Gasteiger partial charge in [0.2, 0.25) is 0 Å². The van der Waals surface area contributed by atoms with Crippen LogP contribution in [0.25, 0.3) is 0 Å². The van der Waals surface area contributed by atoms with Crippen LogP contribution in [-0.4, -0.2) is 41.2 Å². The molecule has 6 heteroatoms. The van der Waals surface area contributed by atoms with Crippen LogP contribution < -0.4 is 4.74 Å². The molecule has 0 aliphatic carbocycles. The van der Waals surface area contributed by atoms with Crippen molar-refractivity contribution in [3.05, 3.63) is 27.7 Å². The molecule has 0 bridgehead atoms. The molecule has 1 N–H and O–H groups in total. The largest absolute Gasteiger partial charge is 0.494 e. The van der Waals surface area contributed by atoms with E-state index in [0.29, 0.717) is 18.0 Å². The fourth-order valence-electron chi connectivity index (χ4n) is 2.50. The van der Waals surface area contributed by atoms with E-state index < -0.39 is 11.6 Å². The Bertz CT molecular complexity index is 545. The summed E-state index contributed by atoms with van der Waals surface area (Å²) in [6, 6.07) is 3.16. The number of benzene rings is 1. The summed E-state index contributed by atoms with van der Waals surface area (Å²) in [6.07, 6.45) is -0.0189. The van der Waals surface area contributed by atoms with Crippen LogP contribution in [0.2, 0.25) is 10.0 Å². The second-order valence-electron chi connectivity index (χ2n) is 5.35. The normalized spacial score (nSPS) is 21.1. The van der Waals surface area contributed by atoms with Crippen molar-refractivity contribution in [1.82, 2.24) is 4.90 Å². The van der Waals surface area contributed by atoms with Crippen LogP contribution in [0.3, 0.4) is 0 Å². The second kappa shape index (κ2) is 5.43. The van der Waals surface area contributed by atoms with Crippen molar-refractivity contribution in [2.45, 2.75) is 31.9 Å². The first-order chi connectivity index (χ1) is 9.30. The van der Waals surface area contributed by atoms with Gasteiger partial charge in [-0.25, -0.2) is 0 Å². The molecule has 1 aromatic carbocycles. The summed E-state index contributed by atoms with van der Waals surface area (Å²) >= 11 is 12.2. The van der Waals surface area contributed by atoms with Gasteiger partial charge in [0, 0.05) is 6.54 Å². The number of ether oxygens (including phenoxy) is 1. The molecule has 1 aliphatic heterocycles. The lowest BCUT2D eigenvalue weighted by molar-refractivity contribution is 0.0392. The molecule has 2 rings (SSSR count). The maximum Gasteiger partial charge on any atom is 0.259 e. The van der Waals surface area contributed by atoms with Gasteiger partial charge in [0.25, 0.3) is 5.91 Å². The van der Waals surface area contributed by atoms with E-state index in [2.05, 4.69) is 0 Å². The van der Waals surface area contributed by atoms with E-state index in [1.54, 1.807) is 17.0 Å². The SMILES string of the molecule is COc1c(Cl)ccc(Cl)c1C(=O)N1CCC(O)C1(C)C. The Hall–Kier alpha value is -0.970. The van der Waals surface area contributed by atoms with Crippen LogP contribution in [0.15, 0.2) is 12.1 Å². The summed E-state index contributed by atoms with van der Waals surface area (Å²) in [6.45, 7) is 4.12. The molecule has 1 saturated heterocycles. The molecule has 1 amide bonds. The lowest BCUT2D eigenvalue weighted by Gasteiger charge is -2.34. The summed E-state index contributed by atoms with van der Waals surface area (Å²) < 4.78 is 5.21. The molecule has 0 spiro atoms. The van der Waals surface area contributed by atoms with Gasteiger partial charge in [-0.1, -0.05) is 23.2 Å². The van der Waals surface area contributed by atoms with Crippen molar-refractivity contribution in [3.8, 4) is 5.75 Å². The maximum atomic E-state index is 12.8. The maximum absolute atomic E-state index is 12.8. The third-order valence-electron chi connectivity index (χ3n) is 3.86. The number of carbonyl (C=O) groups is 1. The molecule has 4 nitrogen and oxygen atoms in total. The molecule has 1 aromatic rings. The number of hydrogen-bond donors (Lipinski definition) is 1. The van der Waals surface area contributed by atoms with E-state index in [9.17, 15) is 9.90 Å². The van der Waals surface area contributed by atoms with E-state index in [1.165, 1.54) is 7.11 Å². The third kappa shape index (κ3) is 2.36. The van der Waals surface area contributed by atoms with E-state index in [4.69, 9.17) is 27.9 Å². The summed E-state index contributed by atoms with van der Waals surface area (Å²) in [5, 5.41) is 10.6. The zero-order valence-electron chi connectivity index (χ0n) is 11.6. The van der Waals surface area contributed by atoms with E-state index in [-0.39, 0.29) is 22.2 Å². The molecule has 20 heavy (non-hydrogen) atoms. The second-order valence-corrected chi connectivity index (χ2v) is 6.17. The highest BCUT2D eigenvalue weighted by atomic mass is 35.5. The number of methoxy groups -OCH3 is 1. The van der Waals surface area contributed by atoms with Crippen LogP contribution >= 0.6 is 23.2 Å². The Kier molecular flexibility index (Phi) is 4.19. The molecule has 1 heterocycles. The molecular formula is C14H17Cl2NO3. The van der Waals surface area contributed by atoms with Crippen molar-refractivity contribution in [2.75, 3.05) is 13.7 Å². The third-order valence-corrected chi connectivity index (χ3v) is 4.47. The van der Waals surface area contributed by atoms with Crippen molar-refractivity contribution in [3.63, 3.8) is 0 Å². The standard InChI is InChI=1S/C14H17Cl2NO3/c1-14(2)10(18)6-7-17(14)13(19)11-8(15)4-5-9(16)12(11)20-3/h4-5,10,18H,6-7H2,1-3H3. The molecule has 0 radical (unpaired) electrons. The minimum Gasteiger partial charge on any atom is -0.494 e. The van der Waals surface area contributed by atoms with Crippen LogP contribution in [0, 0.1) is 0 Å². The predicted octanol–water partition coefficient (Wildman–Crippen LogP) is 2.99. The van der Waals surface area contributed by atoms with Gasteiger partial charge in [-0.15, -0.1) is 0 Å². The average Bonchev–Trinajstić information content (AvgIpc) is 2.66. The van der Waals surface area contributed by atoms with Gasteiger partial charge in [-0.05, 0) is 32.4 Å². The predicted molar refractivity (Wildman–Crippen MR) is 78.8 cm³/mol. The lowest BCUT2D eigenvalue weighted by atomic mass is 9.98. The summed E-state index contributed by atoms with van der Waals surface area (Å²) in [7, 11) is 1.44. The van der Waals surface area contributed by atoms with Crippen molar-refractivity contribution >= 4 is 29.1 Å². The first-order valence-electron chi connectivity index (χ1n) is 6.32. The Balaban J connectivity index is 2.47. The van der Waals surface area contributed by atoms with Gasteiger partial charge in [0.1, 0.15) is 5.56 Å². The average molecular weight is 318 g/mol. The summed E-state index contributed by atoms with van der Waals surface area (Å²) in [5.74, 6) is -0.0164. The Morgan fingerprint density at radius 3 is 2.50 bits per heavy atom. The fourth-order valence-corrected chi connectivity index (χ4v) is 2.97. The summed E-state index contributed by atoms with van der Waals surface area (Å²) in [4.78, 5) is 14.4. The topological polar surface area (TPSA) is 49.8 Å². The van der Waals surface area contributed by atoms with Crippen LogP contribution in [0.1, 0.15) is 30.6 Å². The van der Waals surface area contributed by atoms with Crippen molar-refractivity contribution in [1.29, 1.82) is 0 Å². The summed E-state index contributed by atoms with van der Waals surface area (Å²) in [5.41, 5.74) is -0.405. The number of halogens is 2. The van der Waals surface area contributed by atoms with Gasteiger partial charge in [0.15, 0.2) is 5.75 Å². The number of rotatable bonds is 2. The van der Waals surface area contributed by atoms with Gasteiger partial charge in [-0.2, -0.15) is 0 Å². The number of aliphatic hydroxyl groups excluding tert-OH is 1. The smallest absolute Gasteiger partial charge is 0.259 e. The van der Waals surface area contributed by atoms with Gasteiger partial charge in [0.05, 0.1) is 28.8 Å². The fraction of sp³-hybridized carbons (Fsp3) is 0.500. The highest BCUT2D eigenvalue weighted by molar-refractivity contribution is 6.37. The molecular weight excluding hydrogens is 301 g/mol. The zero-order chi connectivity index (χ0) is 15.1. The minimum absolute atomic E-state index is 0.240. The number of amides is 1. The van der Waals surface area contributed by atoms with Gasteiger partial charge >= 0.3 is 0 Å². The number of nitrogens with zero attached hydrogens (tertiary/aromatic N) is 1. The van der Waals surface area contributed by atoms with Crippen LogP contribution in [-0.2, 0) is 0 Å². The van der Waals surface area contributed by atoms with E-state index in [0.717, 1.165) is 0 Å². The highest BCUT2D eigenvalue weighted by Gasteiger charge is 2.44. The van der Waals surface area contributed by atoms with E-state index >= 15 is 0 Å². The quantitative estimate of drug-likeness (QED) is 0.912. The monoisotopic (exact) mass is 317 g/mol. The molecule has 0 saturated carbocycles. The zero-order valence-corrected chi connectivity index (χ0v) is 13.1. The lowest BCUT2D eigenvalue weighted by Crippen LogP contribution is -2.48. The number of aliphatic hydroxyl groups is 1. The number of likely N-dealkylation sites (tertiary alicyclic amines) is 1. The van der Waals surface area contributed by atoms with Crippen molar-refractivity contribution < 1.29 is 14.6 Å². The van der Waals surface area contributed by atoms with Gasteiger partial charge < -0.3 is 14.7 Å². The Morgan fingerprint density at radius 2 is 2.00 bits per heavy atom. The molecule has 1 aliphatic rings. The molecule has 1 atom stereocenters. The van der Waals surface area contributed by atoms with Crippen LogP contribution in [0.5, 0.6) is 5.75 Å². The number of hydrogen-bond acceptors (Lipinski definition) is 3.